The van der Waals surface area contributed by atoms with Gasteiger partial charge in [-0.25, -0.2) is 4.68 Å². The largest absolute Gasteiger partial charge is 0.341 e. The Hall–Kier alpha value is -2.43. The summed E-state index contributed by atoms with van der Waals surface area (Å²) in [5.74, 6) is -0.0920. The fraction of sp³-hybridized carbons (Fsp3) is 0.389. The lowest BCUT2D eigenvalue weighted by Crippen LogP contribution is -2.39. The Morgan fingerprint density at radius 2 is 1.74 bits per heavy atom. The maximum atomic E-state index is 12.5. The number of nitrogens with zero attached hydrogens (tertiary/aromatic N) is 3. The standard InChI is InChI=1S/C18H23N3O2/c1-5-20(6-2)18(23)14(4)21-17(22)12-11-16(19-21)15-9-7-13(3)8-10-15/h7-12,14H,5-6H2,1-4H3. The molecule has 1 atom stereocenters. The maximum absolute atomic E-state index is 12.5. The number of amides is 1. The highest BCUT2D eigenvalue weighted by atomic mass is 16.2. The SMILES string of the molecule is CCN(CC)C(=O)C(C)n1nc(-c2ccc(C)cc2)ccc1=O. The van der Waals surface area contributed by atoms with Crippen molar-refractivity contribution >= 4 is 5.91 Å². The summed E-state index contributed by atoms with van der Waals surface area (Å²) in [7, 11) is 0. The molecule has 5 nitrogen and oxygen atoms in total. The van der Waals surface area contributed by atoms with Gasteiger partial charge < -0.3 is 4.90 Å². The van der Waals surface area contributed by atoms with E-state index in [1.807, 2.05) is 45.0 Å². The van der Waals surface area contributed by atoms with E-state index in [1.165, 1.54) is 10.7 Å². The van der Waals surface area contributed by atoms with Crippen molar-refractivity contribution in [3.8, 4) is 11.3 Å². The first-order valence-electron chi connectivity index (χ1n) is 7.93. The quantitative estimate of drug-likeness (QED) is 0.852. The first-order chi connectivity index (χ1) is 11.0. The number of rotatable bonds is 5. The summed E-state index contributed by atoms with van der Waals surface area (Å²) >= 11 is 0. The minimum atomic E-state index is -0.618. The zero-order chi connectivity index (χ0) is 17.0. The molecule has 0 saturated carbocycles. The molecule has 0 saturated heterocycles. The molecule has 1 amide bonds. The lowest BCUT2D eigenvalue weighted by Gasteiger charge is -2.23. The zero-order valence-corrected chi connectivity index (χ0v) is 14.1. The van der Waals surface area contributed by atoms with E-state index in [4.69, 9.17) is 0 Å². The van der Waals surface area contributed by atoms with Crippen LogP contribution in [0.2, 0.25) is 0 Å². The maximum Gasteiger partial charge on any atom is 0.267 e. The molecule has 0 aliphatic rings. The molecule has 23 heavy (non-hydrogen) atoms. The van der Waals surface area contributed by atoms with Crippen molar-refractivity contribution in [3.05, 3.63) is 52.3 Å². The molecule has 0 N–H and O–H groups in total. The molecule has 1 aromatic heterocycles. The van der Waals surface area contributed by atoms with E-state index < -0.39 is 6.04 Å². The first-order valence-corrected chi connectivity index (χ1v) is 7.93. The van der Waals surface area contributed by atoms with E-state index in [9.17, 15) is 9.59 Å². The average molecular weight is 313 g/mol. The number of hydrogen-bond donors (Lipinski definition) is 0. The molecule has 0 aliphatic carbocycles. The van der Waals surface area contributed by atoms with Crippen LogP contribution in [0.1, 0.15) is 32.4 Å². The number of carbonyl (C=O) groups is 1. The number of aromatic nitrogens is 2. The predicted molar refractivity (Wildman–Crippen MR) is 91.3 cm³/mol. The van der Waals surface area contributed by atoms with Gasteiger partial charge in [-0.15, -0.1) is 0 Å². The molecule has 122 valence electrons. The molecule has 0 bridgehead atoms. The van der Waals surface area contributed by atoms with Crippen LogP contribution >= 0.6 is 0 Å². The van der Waals surface area contributed by atoms with Crippen LogP contribution in [0, 0.1) is 6.92 Å². The van der Waals surface area contributed by atoms with E-state index in [1.54, 1.807) is 17.9 Å². The van der Waals surface area contributed by atoms with Gasteiger partial charge in [0.05, 0.1) is 5.69 Å². The highest BCUT2D eigenvalue weighted by Crippen LogP contribution is 2.17. The fourth-order valence-corrected chi connectivity index (χ4v) is 2.49. The number of aryl methyl sites for hydroxylation is 1. The second kappa shape index (κ2) is 7.22. The third-order valence-corrected chi connectivity index (χ3v) is 3.97. The van der Waals surface area contributed by atoms with Gasteiger partial charge in [0.15, 0.2) is 0 Å². The third-order valence-electron chi connectivity index (χ3n) is 3.97. The van der Waals surface area contributed by atoms with Gasteiger partial charge in [-0.2, -0.15) is 5.10 Å². The second-order valence-electron chi connectivity index (χ2n) is 5.55. The van der Waals surface area contributed by atoms with Crippen molar-refractivity contribution < 1.29 is 4.79 Å². The van der Waals surface area contributed by atoms with Crippen LogP contribution in [0.3, 0.4) is 0 Å². The van der Waals surface area contributed by atoms with E-state index >= 15 is 0 Å². The van der Waals surface area contributed by atoms with Gasteiger partial charge in [-0.1, -0.05) is 29.8 Å². The highest BCUT2D eigenvalue weighted by Gasteiger charge is 2.22. The minimum Gasteiger partial charge on any atom is -0.341 e. The van der Waals surface area contributed by atoms with Gasteiger partial charge in [0, 0.05) is 24.7 Å². The molecular formula is C18H23N3O2. The normalized spacial score (nSPS) is 12.0. The van der Waals surface area contributed by atoms with E-state index in [0.717, 1.165) is 11.1 Å². The van der Waals surface area contributed by atoms with Gasteiger partial charge in [0.25, 0.3) is 5.56 Å². The fourth-order valence-electron chi connectivity index (χ4n) is 2.49. The van der Waals surface area contributed by atoms with Crippen molar-refractivity contribution in [1.82, 2.24) is 14.7 Å². The molecular weight excluding hydrogens is 290 g/mol. The summed E-state index contributed by atoms with van der Waals surface area (Å²) in [5, 5.41) is 4.40. The lowest BCUT2D eigenvalue weighted by atomic mass is 10.1. The Labute approximate surface area is 136 Å². The van der Waals surface area contributed by atoms with Crippen molar-refractivity contribution in [2.75, 3.05) is 13.1 Å². The Morgan fingerprint density at radius 3 is 2.30 bits per heavy atom. The lowest BCUT2D eigenvalue weighted by molar-refractivity contribution is -0.134. The highest BCUT2D eigenvalue weighted by molar-refractivity contribution is 5.80. The molecule has 0 aliphatic heterocycles. The van der Waals surface area contributed by atoms with E-state index in [0.29, 0.717) is 18.8 Å². The van der Waals surface area contributed by atoms with Gasteiger partial charge >= 0.3 is 0 Å². The summed E-state index contributed by atoms with van der Waals surface area (Å²) < 4.78 is 1.27. The van der Waals surface area contributed by atoms with Crippen molar-refractivity contribution in [2.45, 2.75) is 33.7 Å². The monoisotopic (exact) mass is 313 g/mol. The number of benzene rings is 1. The van der Waals surface area contributed by atoms with Gasteiger partial charge in [-0.3, -0.25) is 9.59 Å². The number of carbonyl (C=O) groups excluding carboxylic acids is 1. The topological polar surface area (TPSA) is 55.2 Å². The van der Waals surface area contributed by atoms with Crippen molar-refractivity contribution in [2.24, 2.45) is 0 Å². The van der Waals surface area contributed by atoms with Crippen LogP contribution in [0.4, 0.5) is 0 Å². The summed E-state index contributed by atoms with van der Waals surface area (Å²) in [4.78, 5) is 26.3. The van der Waals surface area contributed by atoms with Crippen LogP contribution in [0.15, 0.2) is 41.2 Å². The summed E-state index contributed by atoms with van der Waals surface area (Å²) in [6, 6.07) is 10.5. The zero-order valence-electron chi connectivity index (χ0n) is 14.1. The van der Waals surface area contributed by atoms with Crippen molar-refractivity contribution in [1.29, 1.82) is 0 Å². The van der Waals surface area contributed by atoms with Crippen LogP contribution in [-0.4, -0.2) is 33.7 Å². The predicted octanol–water partition coefficient (Wildman–Crippen LogP) is 2.65. The molecule has 0 spiro atoms. The van der Waals surface area contributed by atoms with Gasteiger partial charge in [-0.05, 0) is 33.8 Å². The molecule has 0 radical (unpaired) electrons. The summed E-state index contributed by atoms with van der Waals surface area (Å²) in [6.45, 7) is 8.81. The average Bonchev–Trinajstić information content (AvgIpc) is 2.56. The van der Waals surface area contributed by atoms with Crippen LogP contribution in [-0.2, 0) is 4.79 Å². The third kappa shape index (κ3) is 3.67. The Balaban J connectivity index is 2.39. The minimum absolute atomic E-state index is 0.0920. The molecule has 1 aromatic carbocycles. The van der Waals surface area contributed by atoms with Crippen molar-refractivity contribution in [3.63, 3.8) is 0 Å². The summed E-state index contributed by atoms with van der Waals surface area (Å²) in [5.41, 5.74) is 2.50. The molecule has 1 heterocycles. The van der Waals surface area contributed by atoms with E-state index in [-0.39, 0.29) is 11.5 Å². The molecule has 1 unspecified atom stereocenters. The van der Waals surface area contributed by atoms with Crippen LogP contribution in [0.5, 0.6) is 0 Å². The van der Waals surface area contributed by atoms with E-state index in [2.05, 4.69) is 5.10 Å². The molecule has 5 heteroatoms. The molecule has 0 fully saturated rings. The number of likely N-dealkylation sites (N-methyl/N-ethyl adjacent to an activating group) is 1. The Bertz CT molecular complexity index is 731. The number of hydrogen-bond acceptors (Lipinski definition) is 3. The smallest absolute Gasteiger partial charge is 0.267 e. The van der Waals surface area contributed by atoms with Crippen LogP contribution in [0.25, 0.3) is 11.3 Å². The van der Waals surface area contributed by atoms with Gasteiger partial charge in [0.2, 0.25) is 5.91 Å². The summed E-state index contributed by atoms with van der Waals surface area (Å²) in [6.07, 6.45) is 0. The first kappa shape index (κ1) is 16.9. The van der Waals surface area contributed by atoms with Crippen LogP contribution < -0.4 is 5.56 Å². The Kier molecular flexibility index (Phi) is 5.32. The second-order valence-corrected chi connectivity index (χ2v) is 5.55. The molecule has 2 rings (SSSR count). The molecule has 2 aromatic rings. The Morgan fingerprint density at radius 1 is 1.13 bits per heavy atom. The van der Waals surface area contributed by atoms with Gasteiger partial charge in [0.1, 0.15) is 6.04 Å².